The van der Waals surface area contributed by atoms with E-state index in [0.717, 1.165) is 0 Å². The molecule has 3 atom stereocenters. The highest BCUT2D eigenvalue weighted by molar-refractivity contribution is 7.80. The molecule has 0 unspecified atom stereocenters. The van der Waals surface area contributed by atoms with E-state index in [2.05, 4.69) is 23.3 Å². The SMILES string of the molecule is NC(=O)C[C@H](NC(=O)[C@H](CS)NC(=O)[C@@H](N)Cc1ccc(O)cc1)C(=O)O. The normalized spacial score (nSPS) is 13.9. The zero-order valence-electron chi connectivity index (χ0n) is 14.3. The monoisotopic (exact) mass is 398 g/mol. The zero-order valence-corrected chi connectivity index (χ0v) is 15.2. The molecule has 0 aliphatic heterocycles. The topological polar surface area (TPSA) is 185 Å². The summed E-state index contributed by atoms with van der Waals surface area (Å²) in [6.45, 7) is 0. The van der Waals surface area contributed by atoms with Crippen LogP contribution in [0.2, 0.25) is 0 Å². The lowest BCUT2D eigenvalue weighted by Gasteiger charge is -2.21. The van der Waals surface area contributed by atoms with Crippen LogP contribution in [0.1, 0.15) is 12.0 Å². The number of thiol groups is 1. The minimum atomic E-state index is -1.51. The van der Waals surface area contributed by atoms with Crippen LogP contribution in [0.4, 0.5) is 0 Å². The number of nitrogens with one attached hydrogen (secondary N) is 2. The predicted molar refractivity (Wildman–Crippen MR) is 98.9 cm³/mol. The fourth-order valence-electron chi connectivity index (χ4n) is 2.13. The van der Waals surface area contributed by atoms with Gasteiger partial charge in [-0.15, -0.1) is 0 Å². The third kappa shape index (κ3) is 7.54. The van der Waals surface area contributed by atoms with Crippen LogP contribution in [-0.2, 0) is 25.6 Å². The van der Waals surface area contributed by atoms with Gasteiger partial charge in [-0.3, -0.25) is 14.4 Å². The van der Waals surface area contributed by atoms with Gasteiger partial charge < -0.3 is 32.3 Å². The van der Waals surface area contributed by atoms with E-state index in [1.165, 1.54) is 12.1 Å². The second kappa shape index (κ2) is 10.4. The standard InChI is InChI=1S/C16H22N4O6S/c17-10(5-8-1-3-9(21)4-2-8)14(23)20-12(7-27)15(24)19-11(16(25)26)6-13(18)22/h1-4,10-12,21,27H,5-7,17H2,(H2,18,22)(H,19,24)(H,20,23)(H,25,26)/t10-,11-,12-/m0/s1. The average molecular weight is 398 g/mol. The molecular weight excluding hydrogens is 376 g/mol. The lowest BCUT2D eigenvalue weighted by Crippen LogP contribution is -2.56. The molecule has 1 rings (SSSR count). The maximum atomic E-state index is 12.2. The number of phenols is 1. The Balaban J connectivity index is 2.67. The Bertz CT molecular complexity index is 697. The number of carboxylic acid groups (broad SMARTS) is 1. The van der Waals surface area contributed by atoms with Crippen molar-refractivity contribution in [3.63, 3.8) is 0 Å². The Hall–Kier alpha value is -2.79. The van der Waals surface area contributed by atoms with Crippen molar-refractivity contribution in [3.8, 4) is 5.75 Å². The number of carbonyl (C=O) groups is 4. The summed E-state index contributed by atoms with van der Waals surface area (Å²) < 4.78 is 0. The largest absolute Gasteiger partial charge is 0.508 e. The van der Waals surface area contributed by atoms with Crippen LogP contribution in [0.3, 0.4) is 0 Å². The van der Waals surface area contributed by atoms with Crippen LogP contribution >= 0.6 is 12.6 Å². The molecule has 11 heteroatoms. The van der Waals surface area contributed by atoms with Gasteiger partial charge in [0.25, 0.3) is 0 Å². The van der Waals surface area contributed by atoms with E-state index in [0.29, 0.717) is 5.56 Å². The lowest BCUT2D eigenvalue weighted by atomic mass is 10.1. The van der Waals surface area contributed by atoms with Crippen molar-refractivity contribution in [2.45, 2.75) is 31.0 Å². The van der Waals surface area contributed by atoms with E-state index in [1.54, 1.807) is 12.1 Å². The highest BCUT2D eigenvalue weighted by Crippen LogP contribution is 2.11. The number of carbonyl (C=O) groups excluding carboxylic acids is 3. The highest BCUT2D eigenvalue weighted by atomic mass is 32.1. The Kier molecular flexibility index (Phi) is 8.56. The number of primary amides is 1. The van der Waals surface area contributed by atoms with Crippen LogP contribution in [-0.4, -0.2) is 57.8 Å². The van der Waals surface area contributed by atoms with Crippen LogP contribution in [0, 0.1) is 0 Å². The number of phenolic OH excluding ortho intramolecular Hbond substituents is 1. The predicted octanol–water partition coefficient (Wildman–Crippen LogP) is -1.88. The summed E-state index contributed by atoms with van der Waals surface area (Å²) >= 11 is 3.97. The number of carboxylic acids is 1. The molecule has 0 aliphatic rings. The van der Waals surface area contributed by atoms with Gasteiger partial charge >= 0.3 is 5.97 Å². The highest BCUT2D eigenvalue weighted by Gasteiger charge is 2.28. The van der Waals surface area contributed by atoms with Crippen LogP contribution in [0.15, 0.2) is 24.3 Å². The van der Waals surface area contributed by atoms with Crippen molar-refractivity contribution in [2.24, 2.45) is 11.5 Å². The minimum Gasteiger partial charge on any atom is -0.508 e. The summed E-state index contributed by atoms with van der Waals surface area (Å²) in [5, 5.41) is 22.8. The number of aromatic hydroxyl groups is 1. The fourth-order valence-corrected chi connectivity index (χ4v) is 2.38. The van der Waals surface area contributed by atoms with Gasteiger partial charge in [0.05, 0.1) is 12.5 Å². The number of nitrogens with two attached hydrogens (primary N) is 2. The molecule has 0 bridgehead atoms. The van der Waals surface area contributed by atoms with Gasteiger partial charge in [-0.25, -0.2) is 4.79 Å². The summed E-state index contributed by atoms with van der Waals surface area (Å²) in [6.07, 6.45) is -0.429. The third-order valence-corrected chi connectivity index (χ3v) is 3.93. The molecular formula is C16H22N4O6S. The second-order valence-corrected chi connectivity index (χ2v) is 6.16. The quantitative estimate of drug-likeness (QED) is 0.225. The van der Waals surface area contributed by atoms with E-state index in [4.69, 9.17) is 16.6 Å². The molecule has 27 heavy (non-hydrogen) atoms. The Morgan fingerprint density at radius 2 is 1.59 bits per heavy atom. The average Bonchev–Trinajstić information content (AvgIpc) is 2.60. The maximum Gasteiger partial charge on any atom is 0.326 e. The van der Waals surface area contributed by atoms with Gasteiger partial charge in [0.1, 0.15) is 17.8 Å². The van der Waals surface area contributed by atoms with Crippen LogP contribution in [0.25, 0.3) is 0 Å². The molecule has 0 spiro atoms. The van der Waals surface area contributed by atoms with Gasteiger partial charge in [-0.1, -0.05) is 12.1 Å². The van der Waals surface area contributed by atoms with Gasteiger partial charge in [0.2, 0.25) is 17.7 Å². The molecule has 148 valence electrons. The molecule has 0 saturated carbocycles. The smallest absolute Gasteiger partial charge is 0.326 e. The van der Waals surface area contributed by atoms with Crippen LogP contribution < -0.4 is 22.1 Å². The van der Waals surface area contributed by atoms with Gasteiger partial charge in [0, 0.05) is 5.75 Å². The molecule has 10 nitrogen and oxygen atoms in total. The molecule has 0 aromatic heterocycles. The number of rotatable bonds is 10. The van der Waals surface area contributed by atoms with E-state index in [-0.39, 0.29) is 17.9 Å². The lowest BCUT2D eigenvalue weighted by molar-refractivity contribution is -0.143. The first-order valence-corrected chi connectivity index (χ1v) is 8.53. The van der Waals surface area contributed by atoms with E-state index < -0.39 is 48.2 Å². The molecule has 3 amide bonds. The van der Waals surface area contributed by atoms with E-state index in [9.17, 15) is 24.3 Å². The van der Waals surface area contributed by atoms with Crippen molar-refractivity contribution < 1.29 is 29.4 Å². The first kappa shape index (κ1) is 22.3. The number of amides is 3. The Labute approximate surface area is 160 Å². The molecule has 1 aromatic rings. The number of aliphatic carboxylic acids is 1. The minimum absolute atomic E-state index is 0.0764. The summed E-state index contributed by atoms with van der Waals surface area (Å²) in [4.78, 5) is 46.3. The zero-order chi connectivity index (χ0) is 20.6. The van der Waals surface area contributed by atoms with Crippen molar-refractivity contribution in [2.75, 3.05) is 5.75 Å². The number of hydrogen-bond acceptors (Lipinski definition) is 7. The second-order valence-electron chi connectivity index (χ2n) is 5.79. The Morgan fingerprint density at radius 3 is 2.07 bits per heavy atom. The van der Waals surface area contributed by atoms with Gasteiger partial charge in [0.15, 0.2) is 0 Å². The molecule has 0 aliphatic carbocycles. The number of benzene rings is 1. The summed E-state index contributed by atoms with van der Waals surface area (Å²) in [7, 11) is 0. The Morgan fingerprint density at radius 1 is 1.04 bits per heavy atom. The summed E-state index contributed by atoms with van der Waals surface area (Å²) in [5.41, 5.74) is 11.5. The summed E-state index contributed by atoms with van der Waals surface area (Å²) in [5.74, 6) is -3.84. The molecule has 1 aromatic carbocycles. The first-order chi connectivity index (χ1) is 12.6. The number of hydrogen-bond donors (Lipinski definition) is 7. The van der Waals surface area contributed by atoms with Gasteiger partial charge in [-0.2, -0.15) is 12.6 Å². The van der Waals surface area contributed by atoms with Crippen molar-refractivity contribution in [1.82, 2.24) is 10.6 Å². The molecule has 0 radical (unpaired) electrons. The summed E-state index contributed by atoms with van der Waals surface area (Å²) in [6, 6.07) is 2.47. The molecule has 0 heterocycles. The van der Waals surface area contributed by atoms with Gasteiger partial charge in [-0.05, 0) is 24.1 Å². The maximum absolute atomic E-state index is 12.2. The fraction of sp³-hybridized carbons (Fsp3) is 0.375. The van der Waals surface area contributed by atoms with Crippen molar-refractivity contribution in [3.05, 3.63) is 29.8 Å². The molecule has 8 N–H and O–H groups in total. The van der Waals surface area contributed by atoms with E-state index in [1.807, 2.05) is 0 Å². The third-order valence-electron chi connectivity index (χ3n) is 3.56. The molecule has 0 saturated heterocycles. The van der Waals surface area contributed by atoms with Crippen LogP contribution in [0.5, 0.6) is 5.75 Å². The molecule has 0 fully saturated rings. The van der Waals surface area contributed by atoms with E-state index >= 15 is 0 Å². The van der Waals surface area contributed by atoms with Crippen molar-refractivity contribution >= 4 is 36.3 Å². The first-order valence-electron chi connectivity index (χ1n) is 7.90. The van der Waals surface area contributed by atoms with Crippen molar-refractivity contribution in [1.29, 1.82) is 0 Å².